The van der Waals surface area contributed by atoms with E-state index in [2.05, 4.69) is 54.7 Å². The predicted octanol–water partition coefficient (Wildman–Crippen LogP) is 5.70. The molecule has 0 fully saturated rings. The van der Waals surface area contributed by atoms with E-state index >= 15 is 0 Å². The lowest BCUT2D eigenvalue weighted by molar-refractivity contribution is 0.307. The van der Waals surface area contributed by atoms with E-state index in [4.69, 9.17) is 9.47 Å². The summed E-state index contributed by atoms with van der Waals surface area (Å²) in [6.45, 7) is 2.95. The van der Waals surface area contributed by atoms with Crippen LogP contribution in [0.25, 0.3) is 0 Å². The number of hydrogen-bond acceptors (Lipinski definition) is 3. The highest BCUT2D eigenvalue weighted by Crippen LogP contribution is 2.53. The summed E-state index contributed by atoms with van der Waals surface area (Å²) in [5.74, 6) is 2.85. The molecule has 0 spiro atoms. The van der Waals surface area contributed by atoms with Crippen LogP contribution in [0.2, 0.25) is 0 Å². The summed E-state index contributed by atoms with van der Waals surface area (Å²) >= 11 is 0. The Labute approximate surface area is 156 Å². The van der Waals surface area contributed by atoms with Crippen LogP contribution in [0, 0.1) is 5.92 Å². The van der Waals surface area contributed by atoms with Gasteiger partial charge in [0.15, 0.2) is 0 Å². The summed E-state index contributed by atoms with van der Waals surface area (Å²) in [7, 11) is 1.75. The van der Waals surface area contributed by atoms with E-state index < -0.39 is 0 Å². The second kappa shape index (κ2) is 7.45. The standard InChI is InChI=1S/C23H27NO2/c1-3-4-15-26-21-14-8-12-18-16-10-7-11-17(16)22(24-23(18)21)19-9-5-6-13-20(19)25-2/h5-10,12-14,16-17,22,24H,3-4,11,15H2,1-2H3. The van der Waals surface area contributed by atoms with Crippen LogP contribution in [-0.2, 0) is 0 Å². The average Bonchev–Trinajstić information content (AvgIpc) is 3.18. The molecule has 3 nitrogen and oxygen atoms in total. The zero-order valence-electron chi connectivity index (χ0n) is 15.6. The lowest BCUT2D eigenvalue weighted by Gasteiger charge is -2.38. The summed E-state index contributed by atoms with van der Waals surface area (Å²) in [6.07, 6.45) is 7.98. The Balaban J connectivity index is 1.73. The Kier molecular flexibility index (Phi) is 4.87. The maximum atomic E-state index is 6.12. The Hall–Kier alpha value is -2.42. The van der Waals surface area contributed by atoms with E-state index in [1.54, 1.807) is 7.11 Å². The van der Waals surface area contributed by atoms with Crippen LogP contribution in [0.3, 0.4) is 0 Å². The number of para-hydroxylation sites is 2. The van der Waals surface area contributed by atoms with Gasteiger partial charge in [-0.1, -0.05) is 55.8 Å². The molecule has 1 N–H and O–H groups in total. The van der Waals surface area contributed by atoms with Gasteiger partial charge in [-0.25, -0.2) is 0 Å². The molecule has 26 heavy (non-hydrogen) atoms. The van der Waals surface area contributed by atoms with Gasteiger partial charge in [0.25, 0.3) is 0 Å². The third kappa shape index (κ3) is 2.96. The molecule has 2 aliphatic rings. The van der Waals surface area contributed by atoms with Crippen LogP contribution in [-0.4, -0.2) is 13.7 Å². The van der Waals surface area contributed by atoms with Gasteiger partial charge in [-0.3, -0.25) is 0 Å². The fourth-order valence-corrected chi connectivity index (χ4v) is 4.27. The molecule has 0 bridgehead atoms. The van der Waals surface area contributed by atoms with E-state index in [1.807, 2.05) is 12.1 Å². The highest BCUT2D eigenvalue weighted by molar-refractivity contribution is 5.68. The van der Waals surface area contributed by atoms with E-state index in [-0.39, 0.29) is 6.04 Å². The van der Waals surface area contributed by atoms with Gasteiger partial charge in [-0.2, -0.15) is 0 Å². The van der Waals surface area contributed by atoms with Crippen molar-refractivity contribution in [3.05, 3.63) is 65.7 Å². The molecule has 0 radical (unpaired) electrons. The van der Waals surface area contributed by atoms with Crippen LogP contribution in [0.1, 0.15) is 49.3 Å². The summed E-state index contributed by atoms with van der Waals surface area (Å²) < 4.78 is 11.8. The maximum absolute atomic E-state index is 6.12. The number of allylic oxidation sites excluding steroid dienone is 2. The Morgan fingerprint density at radius 2 is 1.85 bits per heavy atom. The van der Waals surface area contributed by atoms with Gasteiger partial charge in [0.2, 0.25) is 0 Å². The lowest BCUT2D eigenvalue weighted by atomic mass is 9.76. The fourth-order valence-electron chi connectivity index (χ4n) is 4.27. The summed E-state index contributed by atoms with van der Waals surface area (Å²) in [6, 6.07) is 15.0. The number of hydrogen-bond donors (Lipinski definition) is 1. The molecule has 0 saturated carbocycles. The fraction of sp³-hybridized carbons (Fsp3) is 0.391. The van der Waals surface area contributed by atoms with E-state index in [0.717, 1.165) is 43.1 Å². The van der Waals surface area contributed by atoms with E-state index in [9.17, 15) is 0 Å². The molecule has 3 unspecified atom stereocenters. The average molecular weight is 349 g/mol. The quantitative estimate of drug-likeness (QED) is 0.536. The zero-order valence-corrected chi connectivity index (χ0v) is 15.6. The molecule has 136 valence electrons. The van der Waals surface area contributed by atoms with Crippen molar-refractivity contribution in [1.82, 2.24) is 0 Å². The number of fused-ring (bicyclic) bond motifs is 3. The van der Waals surface area contributed by atoms with E-state index in [1.165, 1.54) is 11.1 Å². The Morgan fingerprint density at radius 3 is 2.69 bits per heavy atom. The summed E-state index contributed by atoms with van der Waals surface area (Å²) in [4.78, 5) is 0. The highest BCUT2D eigenvalue weighted by atomic mass is 16.5. The van der Waals surface area contributed by atoms with Crippen molar-refractivity contribution in [2.45, 2.75) is 38.1 Å². The van der Waals surface area contributed by atoms with Crippen molar-refractivity contribution in [2.75, 3.05) is 19.0 Å². The van der Waals surface area contributed by atoms with Crippen molar-refractivity contribution in [3.8, 4) is 11.5 Å². The number of benzene rings is 2. The molecule has 0 amide bonds. The number of ether oxygens (including phenoxy) is 2. The first kappa shape index (κ1) is 17.0. The normalized spacial score (nSPS) is 23.1. The van der Waals surface area contributed by atoms with Gasteiger partial charge in [0.1, 0.15) is 11.5 Å². The number of unbranched alkanes of at least 4 members (excludes halogenated alkanes) is 1. The first-order valence-electron chi connectivity index (χ1n) is 9.65. The minimum absolute atomic E-state index is 0.217. The molecule has 0 saturated heterocycles. The molecule has 0 aromatic heterocycles. The monoisotopic (exact) mass is 349 g/mol. The predicted molar refractivity (Wildman–Crippen MR) is 106 cm³/mol. The van der Waals surface area contributed by atoms with Gasteiger partial charge in [0, 0.05) is 11.5 Å². The second-order valence-corrected chi connectivity index (χ2v) is 7.14. The van der Waals surface area contributed by atoms with Gasteiger partial charge >= 0.3 is 0 Å². The number of anilines is 1. The minimum Gasteiger partial charge on any atom is -0.496 e. The zero-order chi connectivity index (χ0) is 17.9. The van der Waals surface area contributed by atoms with Crippen LogP contribution in [0.4, 0.5) is 5.69 Å². The van der Waals surface area contributed by atoms with Crippen LogP contribution >= 0.6 is 0 Å². The van der Waals surface area contributed by atoms with Crippen LogP contribution < -0.4 is 14.8 Å². The van der Waals surface area contributed by atoms with Crippen molar-refractivity contribution in [2.24, 2.45) is 5.92 Å². The molecule has 1 aliphatic heterocycles. The lowest BCUT2D eigenvalue weighted by Crippen LogP contribution is -2.29. The third-order valence-electron chi connectivity index (χ3n) is 5.59. The number of nitrogens with one attached hydrogen (secondary N) is 1. The van der Waals surface area contributed by atoms with Gasteiger partial charge < -0.3 is 14.8 Å². The second-order valence-electron chi connectivity index (χ2n) is 7.14. The van der Waals surface area contributed by atoms with Crippen LogP contribution in [0.15, 0.2) is 54.6 Å². The van der Waals surface area contributed by atoms with Gasteiger partial charge in [-0.05, 0) is 36.5 Å². The molecule has 3 atom stereocenters. The molecule has 3 heteroatoms. The SMILES string of the molecule is CCCCOc1cccc2c1NC(c1ccccc1OC)C1CC=CC21. The number of rotatable bonds is 6. The van der Waals surface area contributed by atoms with Crippen LogP contribution in [0.5, 0.6) is 11.5 Å². The maximum Gasteiger partial charge on any atom is 0.142 e. The first-order valence-corrected chi connectivity index (χ1v) is 9.65. The topological polar surface area (TPSA) is 30.5 Å². The molecule has 1 heterocycles. The Morgan fingerprint density at radius 1 is 1.04 bits per heavy atom. The molecule has 2 aromatic carbocycles. The van der Waals surface area contributed by atoms with Crippen molar-refractivity contribution < 1.29 is 9.47 Å². The van der Waals surface area contributed by atoms with Crippen molar-refractivity contribution in [1.29, 1.82) is 0 Å². The van der Waals surface area contributed by atoms with Gasteiger partial charge in [0.05, 0.1) is 25.4 Å². The summed E-state index contributed by atoms with van der Waals surface area (Å²) in [5.41, 5.74) is 3.72. The number of methoxy groups -OCH3 is 1. The molecular formula is C23H27NO2. The Bertz CT molecular complexity index is 799. The van der Waals surface area contributed by atoms with E-state index in [0.29, 0.717) is 11.8 Å². The third-order valence-corrected chi connectivity index (χ3v) is 5.59. The largest absolute Gasteiger partial charge is 0.496 e. The molecule has 2 aromatic rings. The molecule has 1 aliphatic carbocycles. The summed E-state index contributed by atoms with van der Waals surface area (Å²) in [5, 5.41) is 3.81. The molecular weight excluding hydrogens is 322 g/mol. The molecule has 4 rings (SSSR count). The van der Waals surface area contributed by atoms with Crippen molar-refractivity contribution >= 4 is 5.69 Å². The smallest absolute Gasteiger partial charge is 0.142 e. The van der Waals surface area contributed by atoms with Gasteiger partial charge in [-0.15, -0.1) is 0 Å². The minimum atomic E-state index is 0.217. The van der Waals surface area contributed by atoms with Crippen molar-refractivity contribution in [3.63, 3.8) is 0 Å². The first-order chi connectivity index (χ1) is 12.8. The highest BCUT2D eigenvalue weighted by Gasteiger charge is 2.39.